The number of carbonyl (C=O) groups is 2. The molecule has 0 fully saturated rings. The molecule has 1 aliphatic rings. The number of carboxylic acids is 1. The number of rotatable bonds is 8. The van der Waals surface area contributed by atoms with Crippen LogP contribution in [0.1, 0.15) is 50.6 Å². The van der Waals surface area contributed by atoms with Crippen molar-refractivity contribution in [3.05, 3.63) is 126 Å². The summed E-state index contributed by atoms with van der Waals surface area (Å²) >= 11 is 1.13. The highest BCUT2D eigenvalue weighted by atomic mass is 32.1. The summed E-state index contributed by atoms with van der Waals surface area (Å²) in [5.74, 6) is -1.52. The largest absolute Gasteiger partial charge is 0.481 e. The third-order valence-corrected chi connectivity index (χ3v) is 8.36. The maximum atomic E-state index is 13.5. The molecule has 3 heterocycles. The first-order valence-electron chi connectivity index (χ1n) is 14.3. The van der Waals surface area contributed by atoms with Crippen molar-refractivity contribution >= 4 is 46.4 Å². The smallest absolute Gasteiger partial charge is 0.334 e. The van der Waals surface area contributed by atoms with E-state index in [0.717, 1.165) is 44.7 Å². The minimum absolute atomic E-state index is 0.148. The lowest BCUT2D eigenvalue weighted by molar-refractivity contribution is -0.136. The van der Waals surface area contributed by atoms with E-state index in [-0.39, 0.29) is 29.9 Å². The lowest BCUT2D eigenvalue weighted by Gasteiger charge is -2.22. The number of thiazole rings is 1. The van der Waals surface area contributed by atoms with E-state index in [1.165, 1.54) is 21.9 Å². The number of fused-ring (bicyclic) bond motifs is 2. The molecule has 5 aromatic rings. The van der Waals surface area contributed by atoms with Gasteiger partial charge in [-0.3, -0.25) is 23.9 Å². The van der Waals surface area contributed by atoms with Gasteiger partial charge in [-0.15, -0.1) is 11.3 Å². The van der Waals surface area contributed by atoms with Gasteiger partial charge in [0.1, 0.15) is 5.82 Å². The molecule has 1 aliphatic carbocycles. The van der Waals surface area contributed by atoms with Crippen LogP contribution in [0.2, 0.25) is 0 Å². The Kier molecular flexibility index (Phi) is 8.16. The van der Waals surface area contributed by atoms with Gasteiger partial charge in [0, 0.05) is 42.4 Å². The summed E-state index contributed by atoms with van der Waals surface area (Å²) in [6.45, 7) is 3.89. The van der Waals surface area contributed by atoms with Crippen molar-refractivity contribution in [2.45, 2.75) is 26.2 Å². The van der Waals surface area contributed by atoms with Crippen molar-refractivity contribution in [1.29, 1.82) is 0 Å². The molecule has 232 valence electrons. The van der Waals surface area contributed by atoms with E-state index in [4.69, 9.17) is 5.11 Å². The van der Waals surface area contributed by atoms with Crippen LogP contribution in [0, 0.1) is 13.8 Å². The van der Waals surface area contributed by atoms with Gasteiger partial charge in [-0.1, -0.05) is 59.7 Å². The maximum absolute atomic E-state index is 13.5. The molecule has 12 nitrogen and oxygen atoms in total. The third kappa shape index (κ3) is 6.26. The summed E-state index contributed by atoms with van der Waals surface area (Å²) in [6, 6.07) is 13.8. The summed E-state index contributed by atoms with van der Waals surface area (Å²) < 4.78 is 1.27. The standard InChI is InChI=1S/C33H29N7O5S/c1-18-4-8-23-20(12-18)6-7-21-13-19(2)5-9-24(21)29(23)25-15-40(33(45)38-30(25)44)26-10-11-34-31(36-26)39(3)16-27(41)37-32-35-22(17-46-32)14-28(42)43/h4-13,15,17,29H,14,16H2,1-3H3,(H,42,43)(H,35,37,41)(H,38,44,45). The monoisotopic (exact) mass is 635 g/mol. The molecule has 0 radical (unpaired) electrons. The normalized spacial score (nSPS) is 12.2. The molecule has 13 heteroatoms. The van der Waals surface area contributed by atoms with Crippen molar-refractivity contribution in [2.75, 3.05) is 23.8 Å². The quantitative estimate of drug-likeness (QED) is 0.226. The van der Waals surface area contributed by atoms with Crippen LogP contribution in [0.5, 0.6) is 0 Å². The molecule has 0 saturated heterocycles. The predicted molar refractivity (Wildman–Crippen MR) is 176 cm³/mol. The zero-order valence-electron chi connectivity index (χ0n) is 25.1. The summed E-state index contributed by atoms with van der Waals surface area (Å²) in [7, 11) is 1.62. The fraction of sp³-hybridized carbons (Fsp3) is 0.182. The first-order chi connectivity index (χ1) is 22.0. The highest BCUT2D eigenvalue weighted by Gasteiger charge is 2.27. The number of likely N-dealkylation sites (N-methyl/N-ethyl adjacent to an activating group) is 1. The SMILES string of the molecule is Cc1ccc2c(c1)C=Cc1cc(C)ccc1C2c1cn(-c2ccnc(N(C)CC(=O)Nc3nc(CC(=O)O)cs3)n2)c(=O)[nH]c1=O. The van der Waals surface area contributed by atoms with Crippen LogP contribution in [0.4, 0.5) is 11.1 Å². The molecule has 0 atom stereocenters. The molecule has 3 aromatic heterocycles. The van der Waals surface area contributed by atoms with Crippen LogP contribution in [0.25, 0.3) is 18.0 Å². The average Bonchev–Trinajstić information content (AvgIpc) is 3.37. The molecule has 1 amide bonds. The van der Waals surface area contributed by atoms with E-state index in [1.54, 1.807) is 18.5 Å². The topological polar surface area (TPSA) is 163 Å². The van der Waals surface area contributed by atoms with Crippen LogP contribution < -0.4 is 21.5 Å². The van der Waals surface area contributed by atoms with Crippen molar-refractivity contribution in [3.8, 4) is 5.82 Å². The number of aromatic amines is 1. The molecule has 0 unspecified atom stereocenters. The van der Waals surface area contributed by atoms with Crippen LogP contribution in [-0.4, -0.2) is 55.1 Å². The Morgan fingerprint density at radius 3 is 2.33 bits per heavy atom. The van der Waals surface area contributed by atoms with E-state index >= 15 is 0 Å². The Balaban J connectivity index is 1.33. The second-order valence-corrected chi connectivity index (χ2v) is 11.9. The number of aryl methyl sites for hydroxylation is 2. The number of anilines is 2. The molecule has 0 saturated carbocycles. The predicted octanol–water partition coefficient (Wildman–Crippen LogP) is 3.76. The average molecular weight is 636 g/mol. The van der Waals surface area contributed by atoms with Crippen molar-refractivity contribution in [1.82, 2.24) is 24.5 Å². The number of aliphatic carboxylic acids is 1. The van der Waals surface area contributed by atoms with Crippen molar-refractivity contribution in [3.63, 3.8) is 0 Å². The second-order valence-electron chi connectivity index (χ2n) is 11.1. The minimum atomic E-state index is -1.01. The fourth-order valence-corrected chi connectivity index (χ4v) is 6.18. The number of carbonyl (C=O) groups excluding carboxylic acids is 1. The number of carboxylic acid groups (broad SMARTS) is 1. The zero-order valence-corrected chi connectivity index (χ0v) is 26.0. The number of aromatic nitrogens is 5. The highest BCUT2D eigenvalue weighted by Crippen LogP contribution is 2.38. The Labute approximate surface area is 266 Å². The molecule has 6 rings (SSSR count). The number of benzene rings is 2. The van der Waals surface area contributed by atoms with E-state index in [1.807, 2.05) is 38.1 Å². The zero-order chi connectivity index (χ0) is 32.5. The number of nitrogens with zero attached hydrogens (tertiary/aromatic N) is 5. The van der Waals surface area contributed by atoms with Gasteiger partial charge in [0.25, 0.3) is 5.56 Å². The Bertz CT molecular complexity index is 2090. The molecule has 0 bridgehead atoms. The molecular weight excluding hydrogens is 606 g/mol. The first-order valence-corrected chi connectivity index (χ1v) is 15.2. The lowest BCUT2D eigenvalue weighted by Crippen LogP contribution is -2.34. The lowest BCUT2D eigenvalue weighted by atomic mass is 9.82. The van der Waals surface area contributed by atoms with Gasteiger partial charge < -0.3 is 15.3 Å². The summed E-state index contributed by atoms with van der Waals surface area (Å²) in [5, 5.41) is 13.4. The van der Waals surface area contributed by atoms with Crippen LogP contribution >= 0.6 is 11.3 Å². The van der Waals surface area contributed by atoms with E-state index in [9.17, 15) is 19.2 Å². The molecule has 2 aromatic carbocycles. The number of amides is 1. The third-order valence-electron chi connectivity index (χ3n) is 7.56. The molecule has 3 N–H and O–H groups in total. The fourth-order valence-electron chi connectivity index (χ4n) is 5.45. The maximum Gasteiger partial charge on any atom is 0.334 e. The summed E-state index contributed by atoms with van der Waals surface area (Å²) in [6.07, 6.45) is 6.86. The van der Waals surface area contributed by atoms with Crippen LogP contribution in [-0.2, 0) is 16.0 Å². The van der Waals surface area contributed by atoms with Gasteiger partial charge >= 0.3 is 11.7 Å². The Morgan fingerprint density at radius 1 is 1.00 bits per heavy atom. The summed E-state index contributed by atoms with van der Waals surface area (Å²) in [4.78, 5) is 67.2. The van der Waals surface area contributed by atoms with E-state index in [0.29, 0.717) is 11.3 Å². The molecule has 0 spiro atoms. The van der Waals surface area contributed by atoms with E-state index < -0.39 is 29.0 Å². The van der Waals surface area contributed by atoms with Gasteiger partial charge in [-0.05, 0) is 36.1 Å². The van der Waals surface area contributed by atoms with Gasteiger partial charge in [0.15, 0.2) is 5.13 Å². The van der Waals surface area contributed by atoms with Gasteiger partial charge in [0.05, 0.1) is 18.7 Å². The van der Waals surface area contributed by atoms with Crippen LogP contribution in [0.3, 0.4) is 0 Å². The van der Waals surface area contributed by atoms with Crippen molar-refractivity contribution < 1.29 is 14.7 Å². The van der Waals surface area contributed by atoms with Gasteiger partial charge in [0.2, 0.25) is 11.9 Å². The van der Waals surface area contributed by atoms with Gasteiger partial charge in [-0.25, -0.2) is 14.8 Å². The van der Waals surface area contributed by atoms with Gasteiger partial charge in [-0.2, -0.15) is 4.98 Å². The number of hydrogen-bond donors (Lipinski definition) is 3. The number of hydrogen-bond acceptors (Lipinski definition) is 9. The Hall–Kier alpha value is -5.69. The van der Waals surface area contributed by atoms with E-state index in [2.05, 4.69) is 49.5 Å². The number of H-pyrrole nitrogens is 1. The highest BCUT2D eigenvalue weighted by molar-refractivity contribution is 7.13. The summed E-state index contributed by atoms with van der Waals surface area (Å²) in [5.41, 5.74) is 5.56. The molecular formula is C33H29N7O5S. The first kappa shape index (κ1) is 30.3. The molecule has 0 aliphatic heterocycles. The molecule has 46 heavy (non-hydrogen) atoms. The van der Waals surface area contributed by atoms with Crippen LogP contribution in [0.15, 0.2) is 69.8 Å². The number of nitrogens with one attached hydrogen (secondary N) is 2. The minimum Gasteiger partial charge on any atom is -0.481 e. The van der Waals surface area contributed by atoms with Crippen molar-refractivity contribution in [2.24, 2.45) is 0 Å². The second kappa shape index (κ2) is 12.4. The Morgan fingerprint density at radius 2 is 1.67 bits per heavy atom.